The Morgan fingerprint density at radius 2 is 1.95 bits per heavy atom. The Morgan fingerprint density at radius 1 is 1.40 bits per heavy atom. The normalized spacial score (nSPS) is 19.5. The van der Waals surface area contributed by atoms with Gasteiger partial charge in [0.25, 0.3) is 0 Å². The van der Waals surface area contributed by atoms with Crippen molar-refractivity contribution in [2.75, 3.05) is 19.3 Å². The van der Waals surface area contributed by atoms with Crippen molar-refractivity contribution in [3.05, 3.63) is 0 Å². The lowest BCUT2D eigenvalue weighted by Crippen LogP contribution is -2.50. The summed E-state index contributed by atoms with van der Waals surface area (Å²) in [5, 5.41) is 11.3. The number of carbonyl (C=O) groups excluding carboxylic acids is 1. The molecule has 1 aliphatic heterocycles. The first kappa shape index (κ1) is 16.9. The van der Waals surface area contributed by atoms with E-state index in [0.717, 1.165) is 6.26 Å². The van der Waals surface area contributed by atoms with Crippen LogP contribution in [0.25, 0.3) is 0 Å². The standard InChI is InChI=1S/C11H21N3O5S/c1-20(18,19)14-6-4-8(5-7-14)13-11(17)9(12)2-3-10(15)16/h8-9H,2-7,12H2,1H3,(H,13,17)(H,15,16). The van der Waals surface area contributed by atoms with Crippen molar-refractivity contribution in [3.8, 4) is 0 Å². The van der Waals surface area contributed by atoms with Crippen LogP contribution in [0.1, 0.15) is 25.7 Å². The van der Waals surface area contributed by atoms with Crippen LogP contribution < -0.4 is 11.1 Å². The van der Waals surface area contributed by atoms with Crippen LogP contribution in [0.15, 0.2) is 0 Å². The third-order valence-electron chi connectivity index (χ3n) is 3.28. The predicted octanol–water partition coefficient (Wildman–Crippen LogP) is -1.28. The average Bonchev–Trinajstić information content (AvgIpc) is 2.35. The summed E-state index contributed by atoms with van der Waals surface area (Å²) in [7, 11) is -3.18. The Morgan fingerprint density at radius 3 is 2.40 bits per heavy atom. The maximum Gasteiger partial charge on any atom is 0.303 e. The molecule has 1 heterocycles. The summed E-state index contributed by atoms with van der Waals surface area (Å²) in [4.78, 5) is 22.1. The number of aliphatic carboxylic acids is 1. The van der Waals surface area contributed by atoms with E-state index in [1.807, 2.05) is 0 Å². The average molecular weight is 307 g/mol. The van der Waals surface area contributed by atoms with Gasteiger partial charge in [0.1, 0.15) is 0 Å². The molecule has 9 heteroatoms. The van der Waals surface area contributed by atoms with E-state index in [1.54, 1.807) is 0 Å². The molecule has 4 N–H and O–H groups in total. The zero-order valence-electron chi connectivity index (χ0n) is 11.4. The van der Waals surface area contributed by atoms with Gasteiger partial charge in [0.05, 0.1) is 12.3 Å². The van der Waals surface area contributed by atoms with Crippen molar-refractivity contribution in [2.45, 2.75) is 37.8 Å². The number of nitrogens with one attached hydrogen (secondary N) is 1. The molecule has 1 atom stereocenters. The van der Waals surface area contributed by atoms with Crippen molar-refractivity contribution in [3.63, 3.8) is 0 Å². The van der Waals surface area contributed by atoms with Gasteiger partial charge in [0.15, 0.2) is 0 Å². The Labute approximate surface area is 118 Å². The molecule has 0 bridgehead atoms. The van der Waals surface area contributed by atoms with Gasteiger partial charge in [0, 0.05) is 25.6 Å². The molecule has 0 aromatic carbocycles. The van der Waals surface area contributed by atoms with Gasteiger partial charge in [-0.3, -0.25) is 9.59 Å². The van der Waals surface area contributed by atoms with Crippen LogP contribution in [0.5, 0.6) is 0 Å². The van der Waals surface area contributed by atoms with Gasteiger partial charge in [-0.15, -0.1) is 0 Å². The molecular weight excluding hydrogens is 286 g/mol. The molecule has 1 rings (SSSR count). The number of piperidine rings is 1. The van der Waals surface area contributed by atoms with Gasteiger partial charge in [-0.05, 0) is 19.3 Å². The van der Waals surface area contributed by atoms with Gasteiger partial charge in [-0.25, -0.2) is 12.7 Å². The molecule has 0 spiro atoms. The number of rotatable bonds is 6. The predicted molar refractivity (Wildman–Crippen MR) is 72.4 cm³/mol. The Kier molecular flexibility index (Phi) is 5.90. The zero-order chi connectivity index (χ0) is 15.3. The topological polar surface area (TPSA) is 130 Å². The molecule has 8 nitrogen and oxygen atoms in total. The molecule has 20 heavy (non-hydrogen) atoms. The summed E-state index contributed by atoms with van der Waals surface area (Å²) < 4.78 is 24.0. The maximum absolute atomic E-state index is 11.7. The highest BCUT2D eigenvalue weighted by molar-refractivity contribution is 7.88. The fourth-order valence-corrected chi connectivity index (χ4v) is 2.92. The molecule has 1 fully saturated rings. The minimum Gasteiger partial charge on any atom is -0.481 e. The Hall–Kier alpha value is -1.19. The van der Waals surface area contributed by atoms with Crippen LogP contribution in [0.3, 0.4) is 0 Å². The lowest BCUT2D eigenvalue weighted by molar-refractivity contribution is -0.137. The van der Waals surface area contributed by atoms with E-state index < -0.39 is 22.0 Å². The number of nitrogens with zero attached hydrogens (tertiary/aromatic N) is 1. The number of nitrogens with two attached hydrogens (primary N) is 1. The van der Waals surface area contributed by atoms with Gasteiger partial charge in [-0.1, -0.05) is 0 Å². The highest BCUT2D eigenvalue weighted by Gasteiger charge is 2.26. The molecule has 0 aromatic heterocycles. The molecule has 0 aromatic rings. The number of carboxylic acid groups (broad SMARTS) is 1. The molecule has 116 valence electrons. The van der Waals surface area contributed by atoms with E-state index in [-0.39, 0.29) is 24.8 Å². The van der Waals surface area contributed by atoms with Crippen LogP contribution in [0, 0.1) is 0 Å². The number of carbonyl (C=O) groups is 2. The first-order valence-corrected chi connectivity index (χ1v) is 8.28. The van der Waals surface area contributed by atoms with E-state index in [2.05, 4.69) is 5.32 Å². The fourth-order valence-electron chi connectivity index (χ4n) is 2.05. The second-order valence-electron chi connectivity index (χ2n) is 4.98. The van der Waals surface area contributed by atoms with Crippen LogP contribution in [0.4, 0.5) is 0 Å². The Balaban J connectivity index is 2.36. The number of amides is 1. The molecule has 1 aliphatic rings. The molecular formula is C11H21N3O5S. The van der Waals surface area contributed by atoms with Crippen molar-refractivity contribution in [2.24, 2.45) is 5.73 Å². The lowest BCUT2D eigenvalue weighted by atomic mass is 10.1. The fraction of sp³-hybridized carbons (Fsp3) is 0.818. The minimum absolute atomic E-state index is 0.0867. The summed E-state index contributed by atoms with van der Waals surface area (Å²) in [5.74, 6) is -1.38. The third kappa shape index (κ3) is 5.43. The molecule has 0 radical (unpaired) electrons. The first-order valence-electron chi connectivity index (χ1n) is 6.43. The summed E-state index contributed by atoms with van der Waals surface area (Å²) in [6.45, 7) is 0.738. The summed E-state index contributed by atoms with van der Waals surface area (Å²) in [5.41, 5.74) is 5.60. The SMILES string of the molecule is CS(=O)(=O)N1CCC(NC(=O)C(N)CCC(=O)O)CC1. The molecule has 0 saturated carbocycles. The third-order valence-corrected chi connectivity index (χ3v) is 4.58. The van der Waals surface area contributed by atoms with Crippen molar-refractivity contribution in [1.29, 1.82) is 0 Å². The van der Waals surface area contributed by atoms with Crippen LogP contribution in [0.2, 0.25) is 0 Å². The lowest BCUT2D eigenvalue weighted by Gasteiger charge is -2.31. The smallest absolute Gasteiger partial charge is 0.303 e. The monoisotopic (exact) mass is 307 g/mol. The minimum atomic E-state index is -3.18. The van der Waals surface area contributed by atoms with Crippen molar-refractivity contribution in [1.82, 2.24) is 9.62 Å². The summed E-state index contributed by atoms with van der Waals surface area (Å²) >= 11 is 0. The van der Waals surface area contributed by atoms with E-state index in [0.29, 0.717) is 25.9 Å². The van der Waals surface area contributed by atoms with Gasteiger partial charge >= 0.3 is 5.97 Å². The van der Waals surface area contributed by atoms with Gasteiger partial charge < -0.3 is 16.2 Å². The van der Waals surface area contributed by atoms with E-state index in [4.69, 9.17) is 10.8 Å². The number of hydrogen-bond donors (Lipinski definition) is 3. The van der Waals surface area contributed by atoms with Gasteiger partial charge in [-0.2, -0.15) is 0 Å². The van der Waals surface area contributed by atoms with Crippen molar-refractivity contribution >= 4 is 21.9 Å². The second kappa shape index (κ2) is 7.00. The molecule has 1 unspecified atom stereocenters. The van der Waals surface area contributed by atoms with Gasteiger partial charge in [0.2, 0.25) is 15.9 Å². The first-order chi connectivity index (χ1) is 9.20. The number of sulfonamides is 1. The quantitative estimate of drug-likeness (QED) is 0.560. The highest BCUT2D eigenvalue weighted by Crippen LogP contribution is 2.13. The van der Waals surface area contributed by atoms with E-state index in [9.17, 15) is 18.0 Å². The second-order valence-corrected chi connectivity index (χ2v) is 6.97. The summed E-state index contributed by atoms with van der Waals surface area (Å²) in [6.07, 6.45) is 2.16. The molecule has 0 aliphatic carbocycles. The van der Waals surface area contributed by atoms with Crippen LogP contribution in [-0.2, 0) is 19.6 Å². The van der Waals surface area contributed by atoms with E-state index >= 15 is 0 Å². The molecule has 1 saturated heterocycles. The maximum atomic E-state index is 11.7. The Bertz CT molecular complexity index is 457. The number of hydrogen-bond acceptors (Lipinski definition) is 5. The van der Waals surface area contributed by atoms with Crippen LogP contribution >= 0.6 is 0 Å². The van der Waals surface area contributed by atoms with E-state index in [1.165, 1.54) is 4.31 Å². The largest absolute Gasteiger partial charge is 0.481 e. The number of carboxylic acids is 1. The highest BCUT2D eigenvalue weighted by atomic mass is 32.2. The van der Waals surface area contributed by atoms with Crippen LogP contribution in [-0.4, -0.2) is 61.1 Å². The van der Waals surface area contributed by atoms with Crippen molar-refractivity contribution < 1.29 is 23.1 Å². The summed E-state index contributed by atoms with van der Waals surface area (Å²) in [6, 6.07) is -0.963. The molecule has 1 amide bonds. The zero-order valence-corrected chi connectivity index (χ0v) is 12.2.